The van der Waals surface area contributed by atoms with Crippen LogP contribution in [0.25, 0.3) is 0 Å². The quantitative estimate of drug-likeness (QED) is 0.850. The highest BCUT2D eigenvalue weighted by Crippen LogP contribution is 2.23. The highest BCUT2D eigenvalue weighted by Gasteiger charge is 2.18. The molecule has 1 aliphatic rings. The third-order valence-corrected chi connectivity index (χ3v) is 5.26. The Hall–Kier alpha value is -1.04. The lowest BCUT2D eigenvalue weighted by Gasteiger charge is -2.21. The molecule has 1 fully saturated rings. The Morgan fingerprint density at radius 2 is 2.05 bits per heavy atom. The summed E-state index contributed by atoms with van der Waals surface area (Å²) in [5.41, 5.74) is 0. The van der Waals surface area contributed by atoms with E-state index in [9.17, 15) is 4.79 Å². The van der Waals surface area contributed by atoms with Crippen molar-refractivity contribution in [3.63, 3.8) is 0 Å². The molecule has 21 heavy (non-hydrogen) atoms. The van der Waals surface area contributed by atoms with Crippen LogP contribution >= 0.6 is 11.8 Å². The molecule has 0 saturated heterocycles. The van der Waals surface area contributed by atoms with E-state index in [0.717, 1.165) is 11.7 Å². The van der Waals surface area contributed by atoms with Gasteiger partial charge in [0.15, 0.2) is 5.16 Å². The summed E-state index contributed by atoms with van der Waals surface area (Å²) in [6.07, 6.45) is 10.9. The third kappa shape index (κ3) is 5.34. The van der Waals surface area contributed by atoms with Crippen molar-refractivity contribution in [2.45, 2.75) is 62.3 Å². The summed E-state index contributed by atoms with van der Waals surface area (Å²) in [7, 11) is 1.89. The molecule has 1 saturated carbocycles. The van der Waals surface area contributed by atoms with Gasteiger partial charge in [0, 0.05) is 13.6 Å². The van der Waals surface area contributed by atoms with Crippen LogP contribution in [0.3, 0.4) is 0 Å². The summed E-state index contributed by atoms with van der Waals surface area (Å²) in [4.78, 5) is 12.2. The predicted molar refractivity (Wildman–Crippen MR) is 85.1 cm³/mol. The summed E-state index contributed by atoms with van der Waals surface area (Å²) in [6, 6.07) is 0. The summed E-state index contributed by atoms with van der Waals surface area (Å²) in [5, 5.41) is 11.6. The Labute approximate surface area is 131 Å². The molecule has 1 atom stereocenters. The lowest BCUT2D eigenvalue weighted by atomic mass is 9.91. The van der Waals surface area contributed by atoms with Gasteiger partial charge in [-0.25, -0.2) is 0 Å². The fourth-order valence-electron chi connectivity index (χ4n) is 2.72. The molecule has 2 rings (SSSR count). The van der Waals surface area contributed by atoms with E-state index < -0.39 is 0 Å². The second-order valence-electron chi connectivity index (χ2n) is 5.94. The Balaban J connectivity index is 1.74. The molecule has 1 N–H and O–H groups in total. The standard InChI is InChI=1S/C15H26N4OS/c1-12(21-15-18-17-11-19(15)2)14(20)16-10-13-8-6-4-3-5-7-9-13/h11-13H,3-10H2,1-2H3,(H,16,20)/t12-/m1/s1. The van der Waals surface area contributed by atoms with Gasteiger partial charge in [-0.1, -0.05) is 43.9 Å². The molecule has 1 aromatic heterocycles. The van der Waals surface area contributed by atoms with Crippen LogP contribution in [-0.4, -0.2) is 32.5 Å². The second-order valence-corrected chi connectivity index (χ2v) is 7.25. The van der Waals surface area contributed by atoms with E-state index in [1.807, 2.05) is 18.5 Å². The van der Waals surface area contributed by atoms with Crippen LogP contribution in [0.2, 0.25) is 0 Å². The van der Waals surface area contributed by atoms with Gasteiger partial charge < -0.3 is 9.88 Å². The van der Waals surface area contributed by atoms with Crippen molar-refractivity contribution < 1.29 is 4.79 Å². The number of hydrogen-bond acceptors (Lipinski definition) is 4. The number of carbonyl (C=O) groups excluding carboxylic acids is 1. The predicted octanol–water partition coefficient (Wildman–Crippen LogP) is 2.77. The molecule has 0 bridgehead atoms. The highest BCUT2D eigenvalue weighted by molar-refractivity contribution is 8.00. The molecule has 1 aliphatic carbocycles. The zero-order valence-electron chi connectivity index (χ0n) is 13.0. The van der Waals surface area contributed by atoms with Gasteiger partial charge in [-0.2, -0.15) is 0 Å². The molecule has 0 spiro atoms. The molecule has 1 amide bonds. The van der Waals surface area contributed by atoms with Gasteiger partial charge in [-0.15, -0.1) is 10.2 Å². The van der Waals surface area contributed by atoms with Gasteiger partial charge in [0.1, 0.15) is 6.33 Å². The van der Waals surface area contributed by atoms with E-state index in [2.05, 4.69) is 15.5 Å². The van der Waals surface area contributed by atoms with Crippen LogP contribution in [0.5, 0.6) is 0 Å². The molecule has 118 valence electrons. The van der Waals surface area contributed by atoms with Crippen LogP contribution in [-0.2, 0) is 11.8 Å². The molecule has 1 heterocycles. The van der Waals surface area contributed by atoms with Crippen molar-refractivity contribution in [3.8, 4) is 0 Å². The van der Waals surface area contributed by atoms with E-state index >= 15 is 0 Å². The molecular formula is C15H26N4OS. The number of carbonyl (C=O) groups is 1. The Morgan fingerprint density at radius 3 is 2.67 bits per heavy atom. The first kappa shape index (κ1) is 16.3. The highest BCUT2D eigenvalue weighted by atomic mass is 32.2. The molecule has 0 aliphatic heterocycles. The maximum Gasteiger partial charge on any atom is 0.233 e. The lowest BCUT2D eigenvalue weighted by Crippen LogP contribution is -2.35. The minimum Gasteiger partial charge on any atom is -0.355 e. The Bertz CT molecular complexity index is 441. The molecule has 1 aromatic rings. The van der Waals surface area contributed by atoms with Gasteiger partial charge in [0.2, 0.25) is 5.91 Å². The van der Waals surface area contributed by atoms with Crippen LogP contribution in [0.4, 0.5) is 0 Å². The fraction of sp³-hybridized carbons (Fsp3) is 0.800. The first-order valence-electron chi connectivity index (χ1n) is 7.95. The van der Waals surface area contributed by atoms with E-state index in [-0.39, 0.29) is 11.2 Å². The van der Waals surface area contributed by atoms with Gasteiger partial charge >= 0.3 is 0 Å². The Kier molecular flexibility index (Phi) is 6.54. The molecule has 6 heteroatoms. The number of amides is 1. The van der Waals surface area contributed by atoms with Crippen LogP contribution in [0, 0.1) is 5.92 Å². The lowest BCUT2D eigenvalue weighted by molar-refractivity contribution is -0.120. The minimum atomic E-state index is -0.138. The number of rotatable bonds is 5. The maximum absolute atomic E-state index is 12.2. The van der Waals surface area contributed by atoms with Crippen LogP contribution in [0.1, 0.15) is 51.9 Å². The van der Waals surface area contributed by atoms with Gasteiger partial charge in [0.25, 0.3) is 0 Å². The van der Waals surface area contributed by atoms with E-state index in [0.29, 0.717) is 5.92 Å². The van der Waals surface area contributed by atoms with E-state index in [4.69, 9.17) is 0 Å². The minimum absolute atomic E-state index is 0.102. The van der Waals surface area contributed by atoms with Crippen molar-refractivity contribution in [3.05, 3.63) is 6.33 Å². The molecule has 0 radical (unpaired) electrons. The van der Waals surface area contributed by atoms with Crippen molar-refractivity contribution in [1.82, 2.24) is 20.1 Å². The second kappa shape index (κ2) is 8.41. The fourth-order valence-corrected chi connectivity index (χ4v) is 3.54. The molecular weight excluding hydrogens is 284 g/mol. The molecule has 0 aromatic carbocycles. The summed E-state index contributed by atoms with van der Waals surface area (Å²) >= 11 is 1.46. The largest absolute Gasteiger partial charge is 0.355 e. The average Bonchev–Trinajstić information content (AvgIpc) is 2.82. The van der Waals surface area contributed by atoms with E-state index in [1.165, 1.54) is 56.7 Å². The van der Waals surface area contributed by atoms with Crippen LogP contribution < -0.4 is 5.32 Å². The van der Waals surface area contributed by atoms with Gasteiger partial charge in [-0.05, 0) is 25.7 Å². The first-order chi connectivity index (χ1) is 10.2. The van der Waals surface area contributed by atoms with Crippen molar-refractivity contribution in [2.24, 2.45) is 13.0 Å². The van der Waals surface area contributed by atoms with Gasteiger partial charge in [-0.3, -0.25) is 4.79 Å². The maximum atomic E-state index is 12.2. The van der Waals surface area contributed by atoms with E-state index in [1.54, 1.807) is 6.33 Å². The van der Waals surface area contributed by atoms with Gasteiger partial charge in [0.05, 0.1) is 5.25 Å². The molecule has 5 nitrogen and oxygen atoms in total. The SMILES string of the molecule is C[C@@H](Sc1nncn1C)C(=O)NCC1CCCCCCC1. The summed E-state index contributed by atoms with van der Waals surface area (Å²) < 4.78 is 1.84. The average molecular weight is 310 g/mol. The monoisotopic (exact) mass is 310 g/mol. The smallest absolute Gasteiger partial charge is 0.233 e. The van der Waals surface area contributed by atoms with Crippen molar-refractivity contribution in [2.75, 3.05) is 6.54 Å². The first-order valence-corrected chi connectivity index (χ1v) is 8.83. The summed E-state index contributed by atoms with van der Waals surface area (Å²) in [5.74, 6) is 0.756. The third-order valence-electron chi connectivity index (χ3n) is 4.11. The summed E-state index contributed by atoms with van der Waals surface area (Å²) in [6.45, 7) is 2.75. The number of hydrogen-bond donors (Lipinski definition) is 1. The normalized spacial score (nSPS) is 18.8. The molecule has 0 unspecified atom stereocenters. The zero-order chi connectivity index (χ0) is 15.1. The zero-order valence-corrected chi connectivity index (χ0v) is 13.9. The van der Waals surface area contributed by atoms with Crippen molar-refractivity contribution in [1.29, 1.82) is 0 Å². The number of nitrogens with one attached hydrogen (secondary N) is 1. The number of nitrogens with zero attached hydrogens (tertiary/aromatic N) is 3. The van der Waals surface area contributed by atoms with Crippen molar-refractivity contribution >= 4 is 17.7 Å². The number of thioether (sulfide) groups is 1. The topological polar surface area (TPSA) is 59.8 Å². The van der Waals surface area contributed by atoms with Crippen LogP contribution in [0.15, 0.2) is 11.5 Å². The number of aryl methyl sites for hydroxylation is 1. The number of aromatic nitrogens is 3. The Morgan fingerprint density at radius 1 is 1.38 bits per heavy atom.